The fourth-order valence-corrected chi connectivity index (χ4v) is 2.72. The van der Waals surface area contributed by atoms with Gasteiger partial charge in [0.1, 0.15) is 11.9 Å². The number of Topliss-reactive ketones (excluding diaryl/α,β-unsaturated/α-hetero) is 1. The Labute approximate surface area is 153 Å². The first-order valence-corrected chi connectivity index (χ1v) is 8.37. The van der Waals surface area contributed by atoms with Gasteiger partial charge in [0.15, 0.2) is 5.78 Å². The van der Waals surface area contributed by atoms with Crippen LogP contribution in [0.3, 0.4) is 0 Å². The third-order valence-corrected chi connectivity index (χ3v) is 4.15. The second-order valence-corrected chi connectivity index (χ2v) is 5.88. The van der Waals surface area contributed by atoms with E-state index in [1.54, 1.807) is 49.6 Å². The first-order chi connectivity index (χ1) is 12.7. The Bertz CT molecular complexity index is 882. The molecule has 0 saturated heterocycles. The highest BCUT2D eigenvalue weighted by Crippen LogP contribution is 2.28. The summed E-state index contributed by atoms with van der Waals surface area (Å²) in [5.41, 5.74) is 2.37. The number of benzene rings is 3. The van der Waals surface area contributed by atoms with Crippen molar-refractivity contribution < 1.29 is 14.6 Å². The second-order valence-electron chi connectivity index (χ2n) is 5.88. The van der Waals surface area contributed by atoms with Crippen molar-refractivity contribution in [2.75, 3.05) is 7.11 Å². The Hall–Kier alpha value is -3.17. The number of ketones is 1. The largest absolute Gasteiger partial charge is 0.497 e. The molecule has 130 valence electrons. The Morgan fingerprint density at radius 2 is 1.46 bits per heavy atom. The van der Waals surface area contributed by atoms with Crippen molar-refractivity contribution in [1.29, 1.82) is 0 Å². The van der Waals surface area contributed by atoms with Crippen molar-refractivity contribution in [3.8, 4) is 5.75 Å². The van der Waals surface area contributed by atoms with Gasteiger partial charge in [0.05, 0.1) is 7.11 Å². The summed E-state index contributed by atoms with van der Waals surface area (Å²) in [5.74, 6) is 0.502. The molecule has 0 radical (unpaired) electrons. The van der Waals surface area contributed by atoms with Crippen LogP contribution in [0.2, 0.25) is 0 Å². The molecular formula is C23H20O3. The number of ether oxygens (including phenoxy) is 1. The zero-order chi connectivity index (χ0) is 18.4. The van der Waals surface area contributed by atoms with E-state index in [1.807, 2.05) is 48.5 Å². The van der Waals surface area contributed by atoms with Gasteiger partial charge in [0.25, 0.3) is 0 Å². The second kappa shape index (κ2) is 8.28. The fourth-order valence-electron chi connectivity index (χ4n) is 2.72. The van der Waals surface area contributed by atoms with Crippen LogP contribution < -0.4 is 4.74 Å². The molecular weight excluding hydrogens is 324 g/mol. The molecule has 0 saturated carbocycles. The monoisotopic (exact) mass is 344 g/mol. The average molecular weight is 344 g/mol. The molecule has 0 aliphatic carbocycles. The number of methoxy groups -OCH3 is 1. The summed E-state index contributed by atoms with van der Waals surface area (Å²) < 4.78 is 5.16. The number of hydrogen-bond acceptors (Lipinski definition) is 3. The van der Waals surface area contributed by atoms with Crippen LogP contribution in [-0.4, -0.2) is 18.0 Å². The maximum atomic E-state index is 13.0. The van der Waals surface area contributed by atoms with E-state index in [-0.39, 0.29) is 5.78 Å². The molecule has 0 spiro atoms. The van der Waals surface area contributed by atoms with Crippen LogP contribution in [-0.2, 0) is 0 Å². The van der Waals surface area contributed by atoms with Gasteiger partial charge in [-0.25, -0.2) is 0 Å². The highest BCUT2D eigenvalue weighted by atomic mass is 16.5. The van der Waals surface area contributed by atoms with Crippen molar-refractivity contribution in [2.24, 2.45) is 0 Å². The Morgan fingerprint density at radius 3 is 2.04 bits per heavy atom. The van der Waals surface area contributed by atoms with Crippen molar-refractivity contribution in [3.63, 3.8) is 0 Å². The summed E-state index contributed by atoms with van der Waals surface area (Å²) in [5, 5.41) is 10.9. The lowest BCUT2D eigenvalue weighted by Gasteiger charge is -2.16. The molecule has 26 heavy (non-hydrogen) atoms. The molecule has 0 aromatic heterocycles. The standard InChI is InChI=1S/C23H20O3/c1-26-20-14-12-19(13-15-20)23(25)21(16-17-8-4-2-5-9-17)22(24)18-10-6-3-7-11-18/h2-16,23,25H,1H3/b21-16+. The minimum absolute atomic E-state index is 0.197. The molecule has 0 aliphatic heterocycles. The van der Waals surface area contributed by atoms with Crippen LogP contribution in [0, 0.1) is 0 Å². The lowest BCUT2D eigenvalue weighted by Crippen LogP contribution is -2.12. The Kier molecular flexibility index (Phi) is 5.62. The molecule has 0 heterocycles. The molecule has 1 N–H and O–H groups in total. The molecule has 3 heteroatoms. The number of aliphatic hydroxyl groups excluding tert-OH is 1. The third-order valence-electron chi connectivity index (χ3n) is 4.15. The Balaban J connectivity index is 2.02. The molecule has 3 aromatic carbocycles. The van der Waals surface area contributed by atoms with E-state index >= 15 is 0 Å². The molecule has 3 rings (SSSR count). The first kappa shape index (κ1) is 17.6. The van der Waals surface area contributed by atoms with Crippen LogP contribution in [0.25, 0.3) is 6.08 Å². The number of aliphatic hydroxyl groups is 1. The van der Waals surface area contributed by atoms with Crippen molar-refractivity contribution in [2.45, 2.75) is 6.10 Å². The quantitative estimate of drug-likeness (QED) is 0.521. The van der Waals surface area contributed by atoms with E-state index in [9.17, 15) is 9.90 Å². The van der Waals surface area contributed by atoms with Crippen molar-refractivity contribution in [3.05, 3.63) is 107 Å². The summed E-state index contributed by atoms with van der Waals surface area (Å²) >= 11 is 0. The van der Waals surface area contributed by atoms with Crippen LogP contribution in [0.4, 0.5) is 0 Å². The number of carbonyl (C=O) groups is 1. The van der Waals surface area contributed by atoms with Gasteiger partial charge in [-0.1, -0.05) is 72.8 Å². The fraction of sp³-hybridized carbons (Fsp3) is 0.0870. The maximum Gasteiger partial charge on any atom is 0.191 e. The van der Waals surface area contributed by atoms with Gasteiger partial charge in [0, 0.05) is 11.1 Å². The summed E-state index contributed by atoms with van der Waals surface area (Å²) in [6, 6.07) is 25.6. The predicted molar refractivity (Wildman–Crippen MR) is 103 cm³/mol. The SMILES string of the molecule is COc1ccc(C(O)/C(=C/c2ccccc2)C(=O)c2ccccc2)cc1. The van der Waals surface area contributed by atoms with E-state index in [0.29, 0.717) is 22.4 Å². The van der Waals surface area contributed by atoms with E-state index in [1.165, 1.54) is 0 Å². The summed E-state index contributed by atoms with van der Waals surface area (Å²) in [4.78, 5) is 13.0. The normalized spacial score (nSPS) is 12.5. The van der Waals surface area contributed by atoms with Gasteiger partial charge >= 0.3 is 0 Å². The van der Waals surface area contributed by atoms with Gasteiger partial charge in [-0.15, -0.1) is 0 Å². The molecule has 3 nitrogen and oxygen atoms in total. The van der Waals surface area contributed by atoms with Gasteiger partial charge < -0.3 is 9.84 Å². The summed E-state index contributed by atoms with van der Waals surface area (Å²) in [6.07, 6.45) is 0.707. The predicted octanol–water partition coefficient (Wildman–Crippen LogP) is 4.70. The topological polar surface area (TPSA) is 46.5 Å². The third kappa shape index (κ3) is 4.08. The highest BCUT2D eigenvalue weighted by molar-refractivity contribution is 6.12. The lowest BCUT2D eigenvalue weighted by molar-refractivity contribution is 0.0989. The first-order valence-electron chi connectivity index (χ1n) is 8.37. The van der Waals surface area contributed by atoms with E-state index in [2.05, 4.69) is 0 Å². The van der Waals surface area contributed by atoms with E-state index < -0.39 is 6.10 Å². The van der Waals surface area contributed by atoms with Crippen molar-refractivity contribution in [1.82, 2.24) is 0 Å². The maximum absolute atomic E-state index is 13.0. The minimum Gasteiger partial charge on any atom is -0.497 e. The van der Waals surface area contributed by atoms with Crippen LogP contribution >= 0.6 is 0 Å². The smallest absolute Gasteiger partial charge is 0.191 e. The molecule has 3 aromatic rings. The molecule has 1 unspecified atom stereocenters. The molecule has 0 aliphatic rings. The zero-order valence-corrected chi connectivity index (χ0v) is 14.5. The molecule has 0 fully saturated rings. The number of carbonyl (C=O) groups excluding carboxylic acids is 1. The van der Waals surface area contributed by atoms with Gasteiger partial charge in [0.2, 0.25) is 0 Å². The zero-order valence-electron chi connectivity index (χ0n) is 14.5. The number of rotatable bonds is 6. The van der Waals surface area contributed by atoms with Crippen LogP contribution in [0.1, 0.15) is 27.6 Å². The van der Waals surface area contributed by atoms with E-state index in [4.69, 9.17) is 4.74 Å². The van der Waals surface area contributed by atoms with Gasteiger partial charge in [-0.3, -0.25) is 4.79 Å². The molecule has 0 bridgehead atoms. The van der Waals surface area contributed by atoms with Gasteiger partial charge in [-0.05, 0) is 29.3 Å². The van der Waals surface area contributed by atoms with Gasteiger partial charge in [-0.2, -0.15) is 0 Å². The van der Waals surface area contributed by atoms with Crippen LogP contribution in [0.15, 0.2) is 90.5 Å². The number of hydrogen-bond donors (Lipinski definition) is 1. The minimum atomic E-state index is -1.03. The lowest BCUT2D eigenvalue weighted by atomic mass is 9.92. The van der Waals surface area contributed by atoms with E-state index in [0.717, 1.165) is 5.56 Å². The average Bonchev–Trinajstić information content (AvgIpc) is 2.72. The molecule has 0 amide bonds. The molecule has 1 atom stereocenters. The Morgan fingerprint density at radius 1 is 0.885 bits per heavy atom. The summed E-state index contributed by atoms with van der Waals surface area (Å²) in [6.45, 7) is 0. The highest BCUT2D eigenvalue weighted by Gasteiger charge is 2.22. The van der Waals surface area contributed by atoms with Crippen molar-refractivity contribution >= 4 is 11.9 Å². The van der Waals surface area contributed by atoms with Crippen LogP contribution in [0.5, 0.6) is 5.75 Å². The summed E-state index contributed by atoms with van der Waals surface area (Å²) in [7, 11) is 1.59.